The standard InChI is InChI=1S/2C10H12N2O.2ClHO4.Zn/c2*1-12(2)8-6-10(13)9-5-3-4-7-11-9;2*2-1(3,4)5;/h2*3-8H,1-2H3;2*(H,2,3,4,5);/q;;;;+2/p-2/b2*8-6+;;;. The van der Waals surface area contributed by atoms with Crippen molar-refractivity contribution in [1.82, 2.24) is 19.8 Å². The molecule has 0 N–H and O–H groups in total. The zero-order chi connectivity index (χ0) is 28.4. The molecule has 2 heterocycles. The number of ketones is 2. The number of allylic oxidation sites excluding steroid dienone is 2. The third kappa shape index (κ3) is 33.6. The number of carbonyl (C=O) groups excluding carboxylic acids is 2. The molecule has 2 aromatic heterocycles. The van der Waals surface area contributed by atoms with Crippen LogP contribution in [-0.4, -0.2) is 59.5 Å². The quantitative estimate of drug-likeness (QED) is 0.166. The molecule has 14 nitrogen and oxygen atoms in total. The number of hydrogen-bond acceptors (Lipinski definition) is 14. The molecule has 0 amide bonds. The van der Waals surface area contributed by atoms with Crippen molar-refractivity contribution < 1.29 is 86.8 Å². The summed E-state index contributed by atoms with van der Waals surface area (Å²) >= 11 is 0. The topological polar surface area (TPSA) is 251 Å². The van der Waals surface area contributed by atoms with E-state index >= 15 is 0 Å². The number of aromatic nitrogens is 2. The van der Waals surface area contributed by atoms with Crippen molar-refractivity contribution in [3.63, 3.8) is 0 Å². The van der Waals surface area contributed by atoms with Gasteiger partial charge in [-0.1, -0.05) is 12.1 Å². The summed E-state index contributed by atoms with van der Waals surface area (Å²) < 4.78 is 67.9. The Balaban J connectivity index is -0.000000453. The maximum atomic E-state index is 11.4. The molecule has 2 aromatic rings. The molecule has 0 aliphatic carbocycles. The second kappa shape index (κ2) is 20.6. The fourth-order valence-electron chi connectivity index (χ4n) is 1.62. The maximum Gasteiger partial charge on any atom is 2.00 e. The van der Waals surface area contributed by atoms with Crippen molar-refractivity contribution >= 4 is 11.6 Å². The smallest absolute Gasteiger partial charge is 0.383 e. The van der Waals surface area contributed by atoms with E-state index in [1.807, 2.05) is 28.2 Å². The van der Waals surface area contributed by atoms with Gasteiger partial charge in [-0.25, -0.2) is 37.3 Å². The Morgan fingerprint density at radius 3 is 1.11 bits per heavy atom. The molecule has 0 saturated carbocycles. The van der Waals surface area contributed by atoms with Crippen LogP contribution in [0.4, 0.5) is 0 Å². The van der Waals surface area contributed by atoms with Gasteiger partial charge in [-0.3, -0.25) is 19.6 Å². The van der Waals surface area contributed by atoms with Crippen molar-refractivity contribution in [2.24, 2.45) is 0 Å². The van der Waals surface area contributed by atoms with Crippen LogP contribution < -0.4 is 37.3 Å². The Morgan fingerprint density at radius 1 is 0.649 bits per heavy atom. The van der Waals surface area contributed by atoms with Gasteiger partial charge in [0.2, 0.25) is 11.6 Å². The van der Waals surface area contributed by atoms with Gasteiger partial charge in [-0.2, -0.15) is 0 Å². The van der Waals surface area contributed by atoms with Crippen molar-refractivity contribution in [1.29, 1.82) is 0 Å². The van der Waals surface area contributed by atoms with Crippen molar-refractivity contribution in [2.75, 3.05) is 28.2 Å². The predicted octanol–water partition coefficient (Wildman–Crippen LogP) is -6.84. The number of carbonyl (C=O) groups is 2. The van der Waals surface area contributed by atoms with Gasteiger partial charge in [0, 0.05) is 65.1 Å². The molecular formula is C20H24Cl2N4O10Zn. The average Bonchev–Trinajstić information content (AvgIpc) is 2.75. The second-order valence-corrected chi connectivity index (χ2v) is 7.98. The molecule has 0 aromatic carbocycles. The summed E-state index contributed by atoms with van der Waals surface area (Å²) in [5.74, 6) is -0.149. The van der Waals surface area contributed by atoms with Crippen LogP contribution in [0.3, 0.4) is 0 Å². The Labute approximate surface area is 230 Å². The van der Waals surface area contributed by atoms with Gasteiger partial charge in [-0.15, -0.1) is 20.5 Å². The number of nitrogens with zero attached hydrogens (tertiary/aromatic N) is 4. The van der Waals surface area contributed by atoms with Crippen LogP contribution in [0.2, 0.25) is 0 Å². The van der Waals surface area contributed by atoms with Crippen molar-refractivity contribution in [2.45, 2.75) is 0 Å². The molecule has 0 bridgehead atoms. The normalized spacial score (nSPS) is 10.5. The van der Waals surface area contributed by atoms with Crippen LogP contribution in [-0.2, 0) is 19.5 Å². The maximum absolute atomic E-state index is 11.4. The molecule has 0 radical (unpaired) electrons. The first kappa shape index (κ1) is 39.1. The number of pyridine rings is 2. The van der Waals surface area contributed by atoms with E-state index in [1.165, 1.54) is 12.2 Å². The molecule has 17 heteroatoms. The largest absolute Gasteiger partial charge is 2.00 e. The molecule has 0 unspecified atom stereocenters. The average molecular weight is 617 g/mol. The number of hydrogen-bond donors (Lipinski definition) is 0. The molecule has 0 atom stereocenters. The van der Waals surface area contributed by atoms with Gasteiger partial charge in [-0.05, 0) is 24.3 Å². The van der Waals surface area contributed by atoms with Gasteiger partial charge < -0.3 is 9.80 Å². The van der Waals surface area contributed by atoms with Crippen molar-refractivity contribution in [3.8, 4) is 0 Å². The van der Waals surface area contributed by atoms with Crippen LogP contribution >= 0.6 is 0 Å². The van der Waals surface area contributed by atoms with E-state index < -0.39 is 20.5 Å². The van der Waals surface area contributed by atoms with Gasteiger partial charge >= 0.3 is 19.5 Å². The summed E-state index contributed by atoms with van der Waals surface area (Å²) in [6, 6.07) is 10.6. The van der Waals surface area contributed by atoms with Gasteiger partial charge in [0.05, 0.1) is 0 Å². The second-order valence-electron chi connectivity index (χ2n) is 6.47. The molecule has 2 rings (SSSR count). The van der Waals surface area contributed by atoms with E-state index in [9.17, 15) is 9.59 Å². The van der Waals surface area contributed by atoms with Crippen LogP contribution in [0.1, 0.15) is 21.0 Å². The molecular weight excluding hydrogens is 593 g/mol. The first-order chi connectivity index (χ1) is 16.4. The van der Waals surface area contributed by atoms with E-state index in [4.69, 9.17) is 37.3 Å². The van der Waals surface area contributed by atoms with Crippen LogP contribution in [0.25, 0.3) is 0 Å². The van der Waals surface area contributed by atoms with Crippen molar-refractivity contribution in [3.05, 3.63) is 84.7 Å². The Hall–Kier alpha value is -2.40. The molecule has 0 saturated heterocycles. The summed E-state index contributed by atoms with van der Waals surface area (Å²) in [6.07, 6.45) is 9.63. The van der Waals surface area contributed by atoms with E-state index in [2.05, 4.69) is 9.97 Å². The molecule has 0 fully saturated rings. The minimum Gasteiger partial charge on any atom is -0.383 e. The summed E-state index contributed by atoms with van der Waals surface area (Å²) in [7, 11) is -2.44. The third-order valence-corrected chi connectivity index (χ3v) is 2.88. The fraction of sp³-hybridized carbons (Fsp3) is 0.200. The summed E-state index contributed by atoms with van der Waals surface area (Å²) in [5, 5.41) is 0. The third-order valence-electron chi connectivity index (χ3n) is 2.88. The molecule has 0 aliphatic rings. The molecule has 0 aliphatic heterocycles. The zero-order valence-electron chi connectivity index (χ0n) is 20.3. The SMILES string of the molecule is CN(C)/C=C/C(=O)c1ccccn1.CN(C)/C=C/C(=O)c1ccccn1.[O-][Cl+3]([O-])([O-])[O-].[O-][Cl+3]([O-])([O-])[O-].[Zn+2]. The van der Waals surface area contributed by atoms with Crippen LogP contribution in [0.15, 0.2) is 73.3 Å². The zero-order valence-corrected chi connectivity index (χ0v) is 24.7. The Kier molecular flexibility index (Phi) is 21.8. The number of halogens is 2. The first-order valence-electron chi connectivity index (χ1n) is 9.23. The van der Waals surface area contributed by atoms with Crippen LogP contribution in [0.5, 0.6) is 0 Å². The fourth-order valence-corrected chi connectivity index (χ4v) is 1.62. The monoisotopic (exact) mass is 614 g/mol. The van der Waals surface area contributed by atoms with Gasteiger partial charge in [0.1, 0.15) is 11.4 Å². The van der Waals surface area contributed by atoms with E-state index in [0.717, 1.165) is 0 Å². The predicted molar refractivity (Wildman–Crippen MR) is 103 cm³/mol. The van der Waals surface area contributed by atoms with Gasteiger partial charge in [0.15, 0.2) is 0 Å². The van der Waals surface area contributed by atoms with Crippen LogP contribution in [0, 0.1) is 20.5 Å². The molecule has 200 valence electrons. The summed E-state index contributed by atoms with van der Waals surface area (Å²) in [5.41, 5.74) is 0.946. The van der Waals surface area contributed by atoms with E-state index in [0.29, 0.717) is 11.4 Å². The molecule has 37 heavy (non-hydrogen) atoms. The Morgan fingerprint density at radius 2 is 0.919 bits per heavy atom. The summed E-state index contributed by atoms with van der Waals surface area (Å²) in [6.45, 7) is 0. The minimum atomic E-state index is -4.94. The number of rotatable bonds is 6. The van der Waals surface area contributed by atoms with E-state index in [-0.39, 0.29) is 31.0 Å². The first-order valence-corrected chi connectivity index (χ1v) is 11.7. The minimum absolute atomic E-state index is 0. The van der Waals surface area contributed by atoms with Gasteiger partial charge in [0.25, 0.3) is 0 Å². The van der Waals surface area contributed by atoms with E-state index in [1.54, 1.807) is 71.0 Å². The Bertz CT molecular complexity index is 850. The summed E-state index contributed by atoms with van der Waals surface area (Å²) in [4.78, 5) is 34.2. The molecule has 0 spiro atoms.